The Morgan fingerprint density at radius 3 is 2.61 bits per heavy atom. The van der Waals surface area contributed by atoms with Crippen molar-refractivity contribution in [1.82, 2.24) is 14.8 Å². The summed E-state index contributed by atoms with van der Waals surface area (Å²) >= 11 is 15.6. The maximum absolute atomic E-state index is 12.3. The van der Waals surface area contributed by atoms with Gasteiger partial charge in [-0.1, -0.05) is 41.0 Å². The largest absolute Gasteiger partial charge is 0.325 e. The van der Waals surface area contributed by atoms with Crippen LogP contribution in [0.2, 0.25) is 10.0 Å². The van der Waals surface area contributed by atoms with Crippen LogP contribution in [-0.4, -0.2) is 26.4 Å². The van der Waals surface area contributed by atoms with Gasteiger partial charge in [-0.2, -0.15) is 0 Å². The highest BCUT2D eigenvalue weighted by molar-refractivity contribution is 14.1. The van der Waals surface area contributed by atoms with Crippen LogP contribution in [0.1, 0.15) is 0 Å². The molecule has 0 aliphatic heterocycles. The minimum absolute atomic E-state index is 0.115. The highest BCUT2D eigenvalue weighted by atomic mass is 127. The first-order chi connectivity index (χ1) is 13.5. The summed E-state index contributed by atoms with van der Waals surface area (Å²) in [7, 11) is 0. The molecule has 0 atom stereocenters. The first-order valence-corrected chi connectivity index (χ1v) is 11.0. The van der Waals surface area contributed by atoms with Gasteiger partial charge in [-0.3, -0.25) is 9.36 Å². The van der Waals surface area contributed by atoms with E-state index in [2.05, 4.69) is 44.7 Å². The number of halogens is 3. The number of nitrogens with zero attached hydrogens (tertiary/aromatic N) is 3. The van der Waals surface area contributed by atoms with Crippen molar-refractivity contribution in [3.05, 3.63) is 68.7 Å². The number of hydrogen-bond donors (Lipinski definition) is 1. The van der Waals surface area contributed by atoms with Gasteiger partial charge < -0.3 is 5.32 Å². The number of allylic oxidation sites excluding steroid dienone is 1. The van der Waals surface area contributed by atoms with E-state index in [4.69, 9.17) is 23.2 Å². The maximum Gasteiger partial charge on any atom is 0.234 e. The molecule has 1 heterocycles. The smallest absolute Gasteiger partial charge is 0.234 e. The van der Waals surface area contributed by atoms with E-state index < -0.39 is 0 Å². The quantitative estimate of drug-likeness (QED) is 0.233. The molecule has 0 saturated heterocycles. The lowest BCUT2D eigenvalue weighted by Gasteiger charge is -2.09. The monoisotopic (exact) mass is 544 g/mol. The van der Waals surface area contributed by atoms with E-state index in [1.54, 1.807) is 18.2 Å². The summed E-state index contributed by atoms with van der Waals surface area (Å²) in [5.74, 6) is 0.734. The third-order valence-corrected chi connectivity index (χ3v) is 6.09. The third kappa shape index (κ3) is 5.28. The molecule has 3 rings (SSSR count). The van der Waals surface area contributed by atoms with Crippen molar-refractivity contribution >= 4 is 69.1 Å². The summed E-state index contributed by atoms with van der Waals surface area (Å²) < 4.78 is 2.99. The minimum Gasteiger partial charge on any atom is -0.325 e. The topological polar surface area (TPSA) is 59.8 Å². The van der Waals surface area contributed by atoms with Crippen LogP contribution >= 0.6 is 57.6 Å². The van der Waals surface area contributed by atoms with Crippen LogP contribution in [0.15, 0.2) is 60.3 Å². The Morgan fingerprint density at radius 1 is 1.18 bits per heavy atom. The van der Waals surface area contributed by atoms with E-state index >= 15 is 0 Å². The van der Waals surface area contributed by atoms with Crippen molar-refractivity contribution in [2.45, 2.75) is 11.7 Å². The fraction of sp³-hybridized carbons (Fsp3) is 0.105. The predicted molar refractivity (Wildman–Crippen MR) is 124 cm³/mol. The summed E-state index contributed by atoms with van der Waals surface area (Å²) in [6.07, 6.45) is 1.75. The molecule has 0 radical (unpaired) electrons. The van der Waals surface area contributed by atoms with Crippen LogP contribution in [0, 0.1) is 3.57 Å². The van der Waals surface area contributed by atoms with Gasteiger partial charge >= 0.3 is 0 Å². The van der Waals surface area contributed by atoms with E-state index in [1.807, 2.05) is 34.9 Å². The molecule has 5 nitrogen and oxygen atoms in total. The lowest BCUT2D eigenvalue weighted by Crippen LogP contribution is -2.14. The van der Waals surface area contributed by atoms with Crippen molar-refractivity contribution in [3.8, 4) is 11.4 Å². The van der Waals surface area contributed by atoms with Gasteiger partial charge in [0.2, 0.25) is 5.91 Å². The Kier molecular flexibility index (Phi) is 7.39. The molecule has 1 amide bonds. The summed E-state index contributed by atoms with van der Waals surface area (Å²) in [4.78, 5) is 12.3. The number of amides is 1. The second-order valence-electron chi connectivity index (χ2n) is 5.68. The van der Waals surface area contributed by atoms with E-state index in [-0.39, 0.29) is 11.7 Å². The summed E-state index contributed by atoms with van der Waals surface area (Å²) in [5, 5.41) is 12.9. The van der Waals surface area contributed by atoms with Gasteiger partial charge in [-0.05, 0) is 65.1 Å². The van der Waals surface area contributed by atoms with Gasteiger partial charge in [0.25, 0.3) is 0 Å². The number of benzene rings is 2. The Hall–Kier alpha value is -1.55. The van der Waals surface area contributed by atoms with Crippen molar-refractivity contribution in [3.63, 3.8) is 0 Å². The van der Waals surface area contributed by atoms with Crippen molar-refractivity contribution in [2.24, 2.45) is 0 Å². The van der Waals surface area contributed by atoms with Crippen molar-refractivity contribution in [2.75, 3.05) is 11.1 Å². The van der Waals surface area contributed by atoms with Gasteiger partial charge in [-0.25, -0.2) is 0 Å². The number of thioether (sulfide) groups is 1. The number of carbonyl (C=O) groups is 1. The van der Waals surface area contributed by atoms with E-state index in [0.717, 1.165) is 14.8 Å². The molecule has 28 heavy (non-hydrogen) atoms. The minimum atomic E-state index is -0.115. The molecule has 9 heteroatoms. The molecule has 2 aromatic carbocycles. The number of hydrogen-bond acceptors (Lipinski definition) is 4. The van der Waals surface area contributed by atoms with Gasteiger partial charge in [0, 0.05) is 21.4 Å². The fourth-order valence-electron chi connectivity index (χ4n) is 2.40. The first kappa shape index (κ1) is 21.2. The molecule has 1 aromatic heterocycles. The highest BCUT2D eigenvalue weighted by Gasteiger charge is 2.16. The lowest BCUT2D eigenvalue weighted by molar-refractivity contribution is -0.113. The van der Waals surface area contributed by atoms with E-state index in [1.165, 1.54) is 11.8 Å². The molecular formula is C19H15Cl2IN4OS. The van der Waals surface area contributed by atoms with Gasteiger partial charge in [0.1, 0.15) is 0 Å². The zero-order valence-corrected chi connectivity index (χ0v) is 19.0. The number of carbonyl (C=O) groups excluding carboxylic acids is 1. The van der Waals surface area contributed by atoms with Crippen LogP contribution < -0.4 is 5.32 Å². The molecule has 144 valence electrons. The summed E-state index contributed by atoms with van der Waals surface area (Å²) in [5.41, 5.74) is 1.55. The van der Waals surface area contributed by atoms with Crippen LogP contribution in [0.25, 0.3) is 11.4 Å². The molecule has 3 aromatic rings. The van der Waals surface area contributed by atoms with Gasteiger partial charge in [-0.15, -0.1) is 16.8 Å². The van der Waals surface area contributed by atoms with Crippen LogP contribution in [0.3, 0.4) is 0 Å². The molecule has 0 bridgehead atoms. The molecule has 0 unspecified atom stereocenters. The molecule has 0 spiro atoms. The van der Waals surface area contributed by atoms with Crippen LogP contribution in [0.4, 0.5) is 5.69 Å². The molecule has 1 N–H and O–H groups in total. The average molecular weight is 545 g/mol. The van der Waals surface area contributed by atoms with E-state index in [0.29, 0.717) is 27.6 Å². The maximum atomic E-state index is 12.3. The molecule has 0 aliphatic carbocycles. The van der Waals surface area contributed by atoms with E-state index in [9.17, 15) is 4.79 Å². The molecule has 0 saturated carbocycles. The number of aromatic nitrogens is 3. The van der Waals surface area contributed by atoms with Crippen LogP contribution in [0.5, 0.6) is 0 Å². The highest BCUT2D eigenvalue weighted by Crippen LogP contribution is 2.29. The van der Waals surface area contributed by atoms with Crippen molar-refractivity contribution in [1.29, 1.82) is 0 Å². The van der Waals surface area contributed by atoms with Crippen LogP contribution in [-0.2, 0) is 11.3 Å². The molecule has 0 aliphatic rings. The average Bonchev–Trinajstić information content (AvgIpc) is 3.07. The molecule has 0 fully saturated rings. The second kappa shape index (κ2) is 9.78. The Balaban J connectivity index is 1.73. The number of nitrogens with one attached hydrogen (secondary N) is 1. The van der Waals surface area contributed by atoms with Gasteiger partial charge in [0.15, 0.2) is 11.0 Å². The Morgan fingerprint density at radius 2 is 1.93 bits per heavy atom. The normalized spacial score (nSPS) is 10.7. The summed E-state index contributed by atoms with van der Waals surface area (Å²) in [6.45, 7) is 4.29. The Bertz CT molecular complexity index is 1010. The second-order valence-corrected chi connectivity index (χ2v) is 8.68. The number of anilines is 1. The zero-order valence-electron chi connectivity index (χ0n) is 14.5. The summed E-state index contributed by atoms with van der Waals surface area (Å²) in [6, 6.07) is 12.9. The predicted octanol–water partition coefficient (Wildman–Crippen LogP) is 5.77. The lowest BCUT2D eigenvalue weighted by atomic mass is 10.2. The zero-order chi connectivity index (χ0) is 20.1. The molecular weight excluding hydrogens is 530 g/mol. The number of rotatable bonds is 7. The standard InChI is InChI=1S/C19H15Cl2IN4OS/c1-2-9-26-18(12-3-8-15(20)16(21)10-12)24-25-19(26)28-11-17(27)23-14-6-4-13(22)5-7-14/h2-8,10H,1,9,11H2,(H,23,27). The van der Waals surface area contributed by atoms with Gasteiger partial charge in [0.05, 0.1) is 15.8 Å². The third-order valence-electron chi connectivity index (χ3n) is 3.67. The SMILES string of the molecule is C=CCn1c(SCC(=O)Nc2ccc(I)cc2)nnc1-c1ccc(Cl)c(Cl)c1. The first-order valence-electron chi connectivity index (χ1n) is 8.15. The van der Waals surface area contributed by atoms with Crippen molar-refractivity contribution < 1.29 is 4.79 Å². The Labute approximate surface area is 190 Å². The fourth-order valence-corrected chi connectivity index (χ4v) is 3.80.